The van der Waals surface area contributed by atoms with Crippen molar-refractivity contribution in [2.45, 2.75) is 38.8 Å². The monoisotopic (exact) mass is 227 g/mol. The van der Waals surface area contributed by atoms with Gasteiger partial charge < -0.3 is 4.74 Å². The zero-order valence-electron chi connectivity index (χ0n) is 10.4. The Morgan fingerprint density at radius 3 is 2.75 bits per heavy atom. The van der Waals surface area contributed by atoms with Crippen LogP contribution < -0.4 is 11.3 Å². The number of hydrogen-bond donors (Lipinski definition) is 2. The van der Waals surface area contributed by atoms with Crippen molar-refractivity contribution in [1.29, 1.82) is 0 Å². The Bertz CT molecular complexity index is 323. The summed E-state index contributed by atoms with van der Waals surface area (Å²) < 4.78 is 7.41. The number of nitrogens with one attached hydrogen (secondary N) is 1. The van der Waals surface area contributed by atoms with E-state index in [4.69, 9.17) is 10.6 Å². The first-order chi connectivity index (χ1) is 7.51. The maximum atomic E-state index is 5.67. The molecule has 1 unspecified atom stereocenters. The van der Waals surface area contributed by atoms with Crippen molar-refractivity contribution in [1.82, 2.24) is 20.2 Å². The van der Waals surface area contributed by atoms with Crippen LogP contribution in [0.25, 0.3) is 0 Å². The zero-order valence-corrected chi connectivity index (χ0v) is 10.4. The van der Waals surface area contributed by atoms with Crippen LogP contribution in [0.1, 0.15) is 26.6 Å². The molecule has 0 amide bonds. The van der Waals surface area contributed by atoms with Crippen LogP contribution >= 0.6 is 0 Å². The van der Waals surface area contributed by atoms with E-state index >= 15 is 0 Å². The fourth-order valence-corrected chi connectivity index (χ4v) is 1.67. The summed E-state index contributed by atoms with van der Waals surface area (Å²) in [7, 11) is 1.86. The molecule has 0 aliphatic rings. The van der Waals surface area contributed by atoms with E-state index in [9.17, 15) is 0 Å². The molecule has 0 bridgehead atoms. The Kier molecular flexibility index (Phi) is 4.40. The highest BCUT2D eigenvalue weighted by atomic mass is 16.5. The van der Waals surface area contributed by atoms with E-state index < -0.39 is 0 Å². The highest BCUT2D eigenvalue weighted by Crippen LogP contribution is 2.17. The van der Waals surface area contributed by atoms with Gasteiger partial charge in [-0.3, -0.25) is 16.0 Å². The van der Waals surface area contributed by atoms with Crippen molar-refractivity contribution in [3.05, 3.63) is 12.2 Å². The summed E-state index contributed by atoms with van der Waals surface area (Å²) in [5, 5.41) is 4.03. The van der Waals surface area contributed by atoms with E-state index in [0.717, 1.165) is 5.82 Å². The minimum Gasteiger partial charge on any atom is -0.374 e. The van der Waals surface area contributed by atoms with Crippen molar-refractivity contribution in [3.63, 3.8) is 0 Å². The molecule has 0 aromatic carbocycles. The normalized spacial score (nSPS) is 14.1. The van der Waals surface area contributed by atoms with Crippen molar-refractivity contribution >= 4 is 0 Å². The number of aromatic nitrogens is 3. The van der Waals surface area contributed by atoms with Crippen LogP contribution in [0.15, 0.2) is 6.33 Å². The molecule has 1 atom stereocenters. The van der Waals surface area contributed by atoms with Gasteiger partial charge in [0.1, 0.15) is 12.2 Å². The molecule has 6 nitrogen and oxygen atoms in total. The lowest BCUT2D eigenvalue weighted by Gasteiger charge is -2.33. The Morgan fingerprint density at radius 1 is 1.62 bits per heavy atom. The molecule has 6 heteroatoms. The molecule has 1 rings (SSSR count). The fraction of sp³-hybridized carbons (Fsp3) is 0.800. The van der Waals surface area contributed by atoms with E-state index in [1.165, 1.54) is 6.33 Å². The Hall–Kier alpha value is -0.980. The first-order valence-corrected chi connectivity index (χ1v) is 5.44. The van der Waals surface area contributed by atoms with Gasteiger partial charge in [0.25, 0.3) is 0 Å². The molecule has 92 valence electrons. The summed E-state index contributed by atoms with van der Waals surface area (Å²) in [4.78, 5) is 4.18. The van der Waals surface area contributed by atoms with Gasteiger partial charge in [-0.25, -0.2) is 4.98 Å². The standard InChI is InChI=1S/C10H21N5O/c1-5-16-10(2,3)8(14-11)6-9-12-7-13-15(9)4/h7-8,14H,5-6,11H2,1-4H3. The molecule has 0 aliphatic carbocycles. The average molecular weight is 227 g/mol. The number of ether oxygens (including phenoxy) is 1. The molecule has 1 aromatic heterocycles. The van der Waals surface area contributed by atoms with Crippen LogP contribution in [-0.4, -0.2) is 33.0 Å². The molecule has 1 aromatic rings. The van der Waals surface area contributed by atoms with E-state index in [-0.39, 0.29) is 11.6 Å². The summed E-state index contributed by atoms with van der Waals surface area (Å²) in [5.74, 6) is 6.45. The molecule has 0 spiro atoms. The maximum Gasteiger partial charge on any atom is 0.138 e. The van der Waals surface area contributed by atoms with Crippen LogP contribution in [0, 0.1) is 0 Å². The molecule has 16 heavy (non-hydrogen) atoms. The van der Waals surface area contributed by atoms with E-state index in [1.54, 1.807) is 4.68 Å². The summed E-state index contributed by atoms with van der Waals surface area (Å²) in [6.07, 6.45) is 2.22. The number of hydrazine groups is 1. The van der Waals surface area contributed by atoms with E-state index in [1.807, 2.05) is 27.8 Å². The third-order valence-corrected chi connectivity index (χ3v) is 2.75. The van der Waals surface area contributed by atoms with Gasteiger partial charge in [0.05, 0.1) is 11.6 Å². The second-order valence-corrected chi connectivity index (χ2v) is 4.26. The van der Waals surface area contributed by atoms with E-state index in [0.29, 0.717) is 13.0 Å². The van der Waals surface area contributed by atoms with E-state index in [2.05, 4.69) is 15.5 Å². The van der Waals surface area contributed by atoms with Crippen LogP contribution in [0.3, 0.4) is 0 Å². The van der Waals surface area contributed by atoms with Crippen molar-refractivity contribution < 1.29 is 4.74 Å². The molecule has 0 fully saturated rings. The third-order valence-electron chi connectivity index (χ3n) is 2.75. The molecular weight excluding hydrogens is 206 g/mol. The number of nitrogens with two attached hydrogens (primary N) is 1. The third kappa shape index (κ3) is 3.01. The lowest BCUT2D eigenvalue weighted by atomic mass is 9.96. The topological polar surface area (TPSA) is 78.0 Å². The van der Waals surface area contributed by atoms with Gasteiger partial charge in [0.15, 0.2) is 0 Å². The van der Waals surface area contributed by atoms with Crippen LogP contribution in [0.5, 0.6) is 0 Å². The van der Waals surface area contributed by atoms with Gasteiger partial charge >= 0.3 is 0 Å². The highest BCUT2D eigenvalue weighted by molar-refractivity contribution is 4.95. The second kappa shape index (κ2) is 5.38. The molecule has 3 N–H and O–H groups in total. The maximum absolute atomic E-state index is 5.67. The summed E-state index contributed by atoms with van der Waals surface area (Å²) in [6, 6.07) is -0.00431. The lowest BCUT2D eigenvalue weighted by molar-refractivity contribution is -0.0386. The Labute approximate surface area is 96.2 Å². The van der Waals surface area contributed by atoms with Gasteiger partial charge in [-0.15, -0.1) is 0 Å². The van der Waals surface area contributed by atoms with Crippen LogP contribution in [0.2, 0.25) is 0 Å². The van der Waals surface area contributed by atoms with Crippen molar-refractivity contribution in [2.24, 2.45) is 12.9 Å². The first-order valence-electron chi connectivity index (χ1n) is 5.44. The van der Waals surface area contributed by atoms with Gasteiger partial charge in [-0.1, -0.05) is 0 Å². The van der Waals surface area contributed by atoms with Crippen molar-refractivity contribution in [3.8, 4) is 0 Å². The number of aryl methyl sites for hydroxylation is 1. The van der Waals surface area contributed by atoms with Gasteiger partial charge in [0, 0.05) is 20.1 Å². The Balaban J connectivity index is 2.72. The van der Waals surface area contributed by atoms with Gasteiger partial charge in [-0.2, -0.15) is 5.10 Å². The van der Waals surface area contributed by atoms with Gasteiger partial charge in [0.2, 0.25) is 0 Å². The van der Waals surface area contributed by atoms with Crippen molar-refractivity contribution in [2.75, 3.05) is 6.61 Å². The second-order valence-electron chi connectivity index (χ2n) is 4.26. The number of nitrogens with zero attached hydrogens (tertiary/aromatic N) is 3. The summed E-state index contributed by atoms with van der Waals surface area (Å²) in [5.41, 5.74) is 2.45. The first kappa shape index (κ1) is 13.1. The fourth-order valence-electron chi connectivity index (χ4n) is 1.67. The average Bonchev–Trinajstić information content (AvgIpc) is 2.60. The predicted octanol–water partition coefficient (Wildman–Crippen LogP) is 0.00460. The summed E-state index contributed by atoms with van der Waals surface area (Å²) >= 11 is 0. The highest BCUT2D eigenvalue weighted by Gasteiger charge is 2.30. The molecule has 0 radical (unpaired) electrons. The predicted molar refractivity (Wildman–Crippen MR) is 61.5 cm³/mol. The quantitative estimate of drug-likeness (QED) is 0.528. The van der Waals surface area contributed by atoms with Crippen LogP contribution in [0.4, 0.5) is 0 Å². The number of hydrogen-bond acceptors (Lipinski definition) is 5. The minimum absolute atomic E-state index is 0.00431. The molecule has 0 aliphatic heterocycles. The Morgan fingerprint density at radius 2 is 2.31 bits per heavy atom. The smallest absolute Gasteiger partial charge is 0.138 e. The SMILES string of the molecule is CCOC(C)(C)C(Cc1ncnn1C)NN. The number of rotatable bonds is 6. The molecule has 0 saturated heterocycles. The zero-order chi connectivity index (χ0) is 12.2. The molecule has 0 saturated carbocycles. The van der Waals surface area contributed by atoms with Gasteiger partial charge in [-0.05, 0) is 20.8 Å². The molecule has 1 heterocycles. The lowest BCUT2D eigenvalue weighted by Crippen LogP contribution is -2.53. The molecular formula is C10H21N5O. The summed E-state index contributed by atoms with van der Waals surface area (Å²) in [6.45, 7) is 6.65. The van der Waals surface area contributed by atoms with Crippen LogP contribution in [-0.2, 0) is 18.2 Å². The largest absolute Gasteiger partial charge is 0.374 e. The minimum atomic E-state index is -0.338.